The predicted octanol–water partition coefficient (Wildman–Crippen LogP) is -3.20. The first-order valence-corrected chi connectivity index (χ1v) is 29.7. The minimum atomic E-state index is -3.15. The minimum Gasteiger partial charge on any atom is -0.393 e. The van der Waals surface area contributed by atoms with Crippen molar-refractivity contribution >= 4 is 68.4 Å². The molecule has 0 saturated carbocycles. The number of Topliss-reactive ketones (excluding diaryl/α,β-unsaturated/α-hetero) is 4. The molecule has 2 aliphatic rings. The lowest BCUT2D eigenvalue weighted by Crippen LogP contribution is -2.57. The smallest absolute Gasteiger partial charge is 0.243 e. The number of hydrogen-bond donors (Lipinski definition) is 12. The normalized spacial score (nSPS) is 25.2. The van der Waals surface area contributed by atoms with Gasteiger partial charge in [0.25, 0.3) is 0 Å². The number of amides is 6. The summed E-state index contributed by atoms with van der Waals surface area (Å²) in [7, 11) is -3.15. The van der Waals surface area contributed by atoms with Crippen molar-refractivity contribution in [1.82, 2.24) is 36.8 Å². The summed E-state index contributed by atoms with van der Waals surface area (Å²) in [5, 5.41) is 37.5. The van der Waals surface area contributed by atoms with Crippen molar-refractivity contribution in [1.29, 1.82) is 0 Å². The number of aliphatic hydroxyl groups excluding tert-OH is 2. The van der Waals surface area contributed by atoms with Gasteiger partial charge < -0.3 is 69.9 Å². The number of nitrogens with one attached hydrogen (secondary N) is 6. The maximum Gasteiger partial charge on any atom is 0.243 e. The number of hydrogen-bond acceptors (Lipinski definition) is 19. The van der Waals surface area contributed by atoms with E-state index in [2.05, 4.69) is 31.9 Å². The van der Waals surface area contributed by atoms with Crippen molar-refractivity contribution in [2.75, 3.05) is 63.9 Å². The van der Waals surface area contributed by atoms with E-state index in [1.165, 1.54) is 13.8 Å². The second-order valence-electron chi connectivity index (χ2n) is 21.6. The van der Waals surface area contributed by atoms with Gasteiger partial charge in [-0.1, -0.05) is 44.2 Å². The molecule has 16 N–H and O–H groups in total. The second kappa shape index (κ2) is 34.6. The topological polar surface area (TPSA) is 425 Å². The van der Waals surface area contributed by atoms with Gasteiger partial charge in [-0.15, -0.1) is 0 Å². The first-order valence-electron chi connectivity index (χ1n) is 27.9. The fourth-order valence-electron chi connectivity index (χ4n) is 9.66. The highest BCUT2D eigenvalue weighted by atomic mass is 32.2. The number of aliphatic hydroxyl groups is 2. The zero-order valence-electron chi connectivity index (χ0n) is 46.8. The molecule has 0 radical (unpaired) electrons. The molecule has 2 aliphatic heterocycles. The molecule has 0 aromatic heterocycles. The predicted molar refractivity (Wildman–Crippen MR) is 297 cm³/mol. The van der Waals surface area contributed by atoms with Gasteiger partial charge in [0.05, 0.1) is 53.7 Å². The van der Waals surface area contributed by atoms with Crippen LogP contribution in [0.3, 0.4) is 0 Å². The maximum atomic E-state index is 14.6. The number of carbonyl (C=O) groups excluding carboxylic acids is 10. The highest BCUT2D eigenvalue weighted by Gasteiger charge is 2.38. The lowest BCUT2D eigenvalue weighted by molar-refractivity contribution is -0.137. The van der Waals surface area contributed by atoms with Crippen LogP contribution in [0.2, 0.25) is 0 Å². The number of ketones is 4. The van der Waals surface area contributed by atoms with Gasteiger partial charge >= 0.3 is 0 Å². The Morgan fingerprint density at radius 3 is 1.80 bits per heavy atom. The summed E-state index contributed by atoms with van der Waals surface area (Å²) in [6.07, 6.45) is -5.48. The van der Waals surface area contributed by atoms with Crippen molar-refractivity contribution in [3.63, 3.8) is 0 Å². The quantitative estimate of drug-likeness (QED) is 0.0485. The van der Waals surface area contributed by atoms with E-state index in [4.69, 9.17) is 22.9 Å². The lowest BCUT2D eigenvalue weighted by atomic mass is 9.89. The highest BCUT2D eigenvalue weighted by Crippen LogP contribution is 2.21. The van der Waals surface area contributed by atoms with E-state index in [0.717, 1.165) is 0 Å². The molecule has 2 fully saturated rings. The number of carbonyl (C=O) groups is 10. The Balaban J connectivity index is 2.06. The van der Waals surface area contributed by atoms with E-state index in [1.54, 1.807) is 30.3 Å². The molecule has 26 heteroatoms. The zero-order valence-corrected chi connectivity index (χ0v) is 47.6. The molecule has 25 nitrogen and oxygen atoms in total. The SMILES string of the molecule is CC(C)C[C@@H]1NC(=O)[C@@H](Cc2ccccc2)CC(=O)[C@H](CCN)NC(=O)[C@@H](CC(=O)[C@H](CCN)NC(=O)[C@@H](CC(=O)CCN2CCS(=O)(=O)CC2)C(C)O)CCNC(=O)[C@H](C(C)O)CC(=O)[C@H](CCN)NC(=O)[C@H](CCN)NC1=O. The van der Waals surface area contributed by atoms with Crippen LogP contribution in [0.1, 0.15) is 104 Å². The zero-order chi connectivity index (χ0) is 59.7. The molecule has 1 aromatic rings. The Hall–Kier alpha value is -5.61. The Bertz CT molecular complexity index is 2350. The summed E-state index contributed by atoms with van der Waals surface area (Å²) >= 11 is 0. The Kier molecular flexibility index (Phi) is 29.7. The average molecular weight is 1150 g/mol. The third kappa shape index (κ3) is 23.5. The standard InChI is InChI=1S/C54H89N11O14S/c1-32(2)26-45-54(77)63-44(13-19-58)53(76)62-43(12-18-57)48(71)31-40(34(4)67)51(74)59-20-14-36(49(72)60-41(10-16-55)47(70)29-37(50(73)64-45)27-35-8-6-5-7-9-35)28-46(69)42(11-17-56)61-52(75)39(33(3)66)30-38(68)15-21-65-22-24-80(78,79)25-23-65/h5-9,32-34,36-37,39-45,66-67H,10-31,55-58H2,1-4H3,(H,59,74)(H,60,72)(H,61,75)(H,62,76)(H,63,77)(H,64,73)/t33?,34?,36-,37+,39+,40+,41+,42+,43+,44+,45+/m1/s1. The minimum absolute atomic E-state index is 0.0158. The molecule has 6 amide bonds. The van der Waals surface area contributed by atoms with Crippen molar-refractivity contribution in [2.45, 2.75) is 147 Å². The molecule has 0 aliphatic carbocycles. The highest BCUT2D eigenvalue weighted by molar-refractivity contribution is 7.91. The van der Waals surface area contributed by atoms with Crippen molar-refractivity contribution in [3.05, 3.63) is 35.9 Å². The molecule has 0 spiro atoms. The van der Waals surface area contributed by atoms with Crippen molar-refractivity contribution in [3.8, 4) is 0 Å². The average Bonchev–Trinajstić information content (AvgIpc) is 3.39. The summed E-state index contributed by atoms with van der Waals surface area (Å²) < 4.78 is 23.7. The van der Waals surface area contributed by atoms with Crippen LogP contribution in [0, 0.1) is 29.6 Å². The Morgan fingerprint density at radius 2 is 1.24 bits per heavy atom. The number of rotatable bonds is 24. The molecule has 2 saturated heterocycles. The molecule has 2 unspecified atom stereocenters. The molecule has 11 atom stereocenters. The molecule has 2 heterocycles. The molecule has 3 rings (SSSR count). The molecular weight excluding hydrogens is 1060 g/mol. The first kappa shape index (κ1) is 68.7. The van der Waals surface area contributed by atoms with Crippen LogP contribution in [0.25, 0.3) is 0 Å². The summed E-state index contributed by atoms with van der Waals surface area (Å²) in [6.45, 7) is 6.22. The molecular formula is C54H89N11O14S. The van der Waals surface area contributed by atoms with E-state index in [1.807, 2.05) is 18.7 Å². The molecule has 0 bridgehead atoms. The molecule has 1 aromatic carbocycles. The monoisotopic (exact) mass is 1150 g/mol. The van der Waals surface area contributed by atoms with E-state index in [0.29, 0.717) is 5.56 Å². The number of benzene rings is 1. The van der Waals surface area contributed by atoms with Gasteiger partial charge in [-0.05, 0) is 96.5 Å². The number of nitrogens with zero attached hydrogens (tertiary/aromatic N) is 1. The maximum absolute atomic E-state index is 14.6. The molecule has 450 valence electrons. The summed E-state index contributed by atoms with van der Waals surface area (Å²) in [5.41, 5.74) is 24.3. The van der Waals surface area contributed by atoms with Crippen LogP contribution in [-0.2, 0) is 64.2 Å². The van der Waals surface area contributed by atoms with Gasteiger partial charge in [0.2, 0.25) is 35.4 Å². The summed E-state index contributed by atoms with van der Waals surface area (Å²) in [4.78, 5) is 142. The van der Waals surface area contributed by atoms with Gasteiger partial charge in [0.15, 0.2) is 27.2 Å². The third-order valence-corrected chi connectivity index (χ3v) is 16.1. The van der Waals surface area contributed by atoms with E-state index >= 15 is 0 Å². The van der Waals surface area contributed by atoms with Crippen molar-refractivity contribution in [2.24, 2.45) is 52.5 Å². The van der Waals surface area contributed by atoms with E-state index in [-0.39, 0.29) is 127 Å². The van der Waals surface area contributed by atoms with Crippen molar-refractivity contribution < 1.29 is 66.6 Å². The third-order valence-electron chi connectivity index (χ3n) is 14.5. The lowest BCUT2D eigenvalue weighted by Gasteiger charge is -2.28. The van der Waals surface area contributed by atoms with Gasteiger partial charge in [0, 0.05) is 70.1 Å². The van der Waals surface area contributed by atoms with Gasteiger partial charge in [-0.3, -0.25) is 47.9 Å². The number of sulfone groups is 1. The van der Waals surface area contributed by atoms with Gasteiger partial charge in [-0.2, -0.15) is 0 Å². The fraction of sp³-hybridized carbons (Fsp3) is 0.704. The first-order chi connectivity index (χ1) is 37.8. The second-order valence-corrected chi connectivity index (χ2v) is 23.9. The Morgan fingerprint density at radius 1 is 0.700 bits per heavy atom. The molecule has 80 heavy (non-hydrogen) atoms. The Labute approximate surface area is 469 Å². The van der Waals surface area contributed by atoms with Crippen LogP contribution in [0.15, 0.2) is 30.3 Å². The number of nitrogens with two attached hydrogens (primary N) is 4. The fourth-order valence-corrected chi connectivity index (χ4v) is 10.9. The summed E-state index contributed by atoms with van der Waals surface area (Å²) in [5.74, 6) is -12.6. The van der Waals surface area contributed by atoms with E-state index in [9.17, 15) is 66.6 Å². The van der Waals surface area contributed by atoms with Gasteiger partial charge in [0.1, 0.15) is 17.9 Å². The van der Waals surface area contributed by atoms with Gasteiger partial charge in [-0.25, -0.2) is 8.42 Å². The van der Waals surface area contributed by atoms with Crippen LogP contribution >= 0.6 is 0 Å². The van der Waals surface area contributed by atoms with Crippen LogP contribution in [-0.4, -0.2) is 188 Å². The van der Waals surface area contributed by atoms with Crippen LogP contribution in [0.5, 0.6) is 0 Å². The van der Waals surface area contributed by atoms with E-state index < -0.39 is 154 Å². The van der Waals surface area contributed by atoms with Crippen LogP contribution in [0.4, 0.5) is 0 Å². The van der Waals surface area contributed by atoms with Crippen LogP contribution < -0.4 is 54.8 Å². The summed E-state index contributed by atoms with van der Waals surface area (Å²) in [6, 6.07) is 2.29. The largest absolute Gasteiger partial charge is 0.393 e.